The van der Waals surface area contributed by atoms with Crippen LogP contribution < -0.4 is 10.1 Å². The van der Waals surface area contributed by atoms with Gasteiger partial charge in [-0.2, -0.15) is 0 Å². The highest BCUT2D eigenvalue weighted by atomic mass is 16.5. The maximum atomic E-state index is 11.8. The van der Waals surface area contributed by atoms with E-state index in [1.165, 1.54) is 0 Å². The fourth-order valence-corrected chi connectivity index (χ4v) is 1.67. The number of carbonyl (C=O) groups excluding carboxylic acids is 1. The summed E-state index contributed by atoms with van der Waals surface area (Å²) in [7, 11) is 0. The molecule has 0 spiro atoms. The molecule has 7 nitrogen and oxygen atoms in total. The molecule has 1 N–H and O–H groups in total. The Kier molecular flexibility index (Phi) is 4.65. The fraction of sp³-hybridized carbons (Fsp3) is 0.385. The van der Waals surface area contributed by atoms with Crippen molar-refractivity contribution >= 4 is 11.9 Å². The van der Waals surface area contributed by atoms with E-state index in [4.69, 9.17) is 4.74 Å². The Balaban J connectivity index is 1.88. The first kappa shape index (κ1) is 14.0. The summed E-state index contributed by atoms with van der Waals surface area (Å²) in [4.78, 5) is 11.8. The maximum absolute atomic E-state index is 11.8. The Bertz CT molecular complexity index is 582. The highest BCUT2D eigenvalue weighted by molar-refractivity contribution is 5.90. The number of hydrogen-bond donors (Lipinski definition) is 1. The highest BCUT2D eigenvalue weighted by Gasteiger charge is 2.10. The van der Waals surface area contributed by atoms with Crippen molar-refractivity contribution in [2.75, 3.05) is 11.9 Å². The lowest BCUT2D eigenvalue weighted by molar-refractivity contribution is -0.118. The molecule has 2 rings (SSSR count). The molecular formula is C13H17N5O2. The highest BCUT2D eigenvalue weighted by Crippen LogP contribution is 2.12. The average molecular weight is 275 g/mol. The number of nitrogens with one attached hydrogen (secondary N) is 1. The van der Waals surface area contributed by atoms with Crippen LogP contribution in [-0.4, -0.2) is 32.7 Å². The number of carbonyl (C=O) groups is 1. The molecule has 106 valence electrons. The normalized spacial score (nSPS) is 10.3. The van der Waals surface area contributed by atoms with E-state index in [9.17, 15) is 4.79 Å². The second kappa shape index (κ2) is 6.65. The molecule has 0 fully saturated rings. The van der Waals surface area contributed by atoms with E-state index in [-0.39, 0.29) is 12.5 Å². The Morgan fingerprint density at radius 2 is 2.30 bits per heavy atom. The number of rotatable bonds is 6. The van der Waals surface area contributed by atoms with Crippen LogP contribution in [0.15, 0.2) is 24.3 Å². The van der Waals surface area contributed by atoms with Crippen molar-refractivity contribution in [3.05, 3.63) is 29.8 Å². The van der Waals surface area contributed by atoms with Crippen molar-refractivity contribution in [2.24, 2.45) is 0 Å². The zero-order valence-electron chi connectivity index (χ0n) is 11.5. The van der Waals surface area contributed by atoms with Crippen LogP contribution in [0, 0.1) is 6.92 Å². The van der Waals surface area contributed by atoms with Crippen molar-refractivity contribution in [1.82, 2.24) is 20.2 Å². The third-order valence-corrected chi connectivity index (χ3v) is 2.58. The van der Waals surface area contributed by atoms with E-state index in [1.54, 1.807) is 10.7 Å². The molecule has 1 aromatic heterocycles. The van der Waals surface area contributed by atoms with Gasteiger partial charge in [-0.05, 0) is 41.5 Å². The van der Waals surface area contributed by atoms with Gasteiger partial charge in [-0.1, -0.05) is 24.2 Å². The quantitative estimate of drug-likeness (QED) is 0.862. The SMILES string of the molecule is CCCn1nnnc1NC(=O)COc1cccc(C)c1. The summed E-state index contributed by atoms with van der Waals surface area (Å²) in [5.41, 5.74) is 1.08. The van der Waals surface area contributed by atoms with Crippen molar-refractivity contribution in [3.63, 3.8) is 0 Å². The molecule has 1 aromatic carbocycles. The van der Waals surface area contributed by atoms with Crippen LogP contribution in [0.2, 0.25) is 0 Å². The second-order valence-corrected chi connectivity index (χ2v) is 4.38. The molecule has 0 unspecified atom stereocenters. The van der Waals surface area contributed by atoms with E-state index in [0.717, 1.165) is 12.0 Å². The molecule has 0 saturated carbocycles. The second-order valence-electron chi connectivity index (χ2n) is 4.38. The van der Waals surface area contributed by atoms with Crippen LogP contribution in [0.4, 0.5) is 5.95 Å². The van der Waals surface area contributed by atoms with Crippen LogP contribution in [-0.2, 0) is 11.3 Å². The number of tetrazole rings is 1. The summed E-state index contributed by atoms with van der Waals surface area (Å²) in [5, 5.41) is 13.7. The van der Waals surface area contributed by atoms with Crippen LogP contribution in [0.3, 0.4) is 0 Å². The van der Waals surface area contributed by atoms with Crippen molar-refractivity contribution < 1.29 is 9.53 Å². The molecule has 0 saturated heterocycles. The molecule has 7 heteroatoms. The first-order chi connectivity index (χ1) is 9.69. The van der Waals surface area contributed by atoms with Crippen molar-refractivity contribution in [3.8, 4) is 5.75 Å². The molecule has 1 heterocycles. The molecule has 0 atom stereocenters. The summed E-state index contributed by atoms with van der Waals surface area (Å²) in [6, 6.07) is 7.52. The van der Waals surface area contributed by atoms with Gasteiger partial charge in [0.05, 0.1) is 0 Å². The van der Waals surface area contributed by atoms with Crippen LogP contribution >= 0.6 is 0 Å². The van der Waals surface area contributed by atoms with Gasteiger partial charge in [0, 0.05) is 6.54 Å². The largest absolute Gasteiger partial charge is 0.484 e. The van der Waals surface area contributed by atoms with Gasteiger partial charge in [0.15, 0.2) is 6.61 Å². The van der Waals surface area contributed by atoms with E-state index < -0.39 is 0 Å². The minimum absolute atomic E-state index is 0.0809. The van der Waals surface area contributed by atoms with Gasteiger partial charge in [-0.3, -0.25) is 10.1 Å². The molecular weight excluding hydrogens is 258 g/mol. The van der Waals surface area contributed by atoms with Gasteiger partial charge in [-0.25, -0.2) is 4.68 Å². The van der Waals surface area contributed by atoms with Gasteiger partial charge >= 0.3 is 0 Å². The average Bonchev–Trinajstić information content (AvgIpc) is 2.84. The van der Waals surface area contributed by atoms with Gasteiger partial charge in [0.2, 0.25) is 5.95 Å². The smallest absolute Gasteiger partial charge is 0.264 e. The van der Waals surface area contributed by atoms with E-state index in [2.05, 4.69) is 20.8 Å². The predicted molar refractivity (Wildman–Crippen MR) is 73.4 cm³/mol. The number of aromatic nitrogens is 4. The lowest BCUT2D eigenvalue weighted by Crippen LogP contribution is -2.22. The number of anilines is 1. The summed E-state index contributed by atoms with van der Waals surface area (Å²) < 4.78 is 6.95. The molecule has 2 aromatic rings. The van der Waals surface area contributed by atoms with E-state index in [1.807, 2.05) is 32.0 Å². The number of amides is 1. The zero-order chi connectivity index (χ0) is 14.4. The third kappa shape index (κ3) is 3.78. The van der Waals surface area contributed by atoms with Gasteiger partial charge in [-0.15, -0.1) is 0 Å². The molecule has 0 aliphatic heterocycles. The Morgan fingerprint density at radius 1 is 1.45 bits per heavy atom. The van der Waals surface area contributed by atoms with Crippen molar-refractivity contribution in [2.45, 2.75) is 26.8 Å². The van der Waals surface area contributed by atoms with Gasteiger partial charge in [0.1, 0.15) is 5.75 Å². The standard InChI is InChI=1S/C13H17N5O2/c1-3-7-18-13(15-16-17-18)14-12(19)9-20-11-6-4-5-10(2)8-11/h4-6,8H,3,7,9H2,1-2H3,(H,14,15,17,19). The molecule has 1 amide bonds. The summed E-state index contributed by atoms with van der Waals surface area (Å²) in [5.74, 6) is 0.705. The lowest BCUT2D eigenvalue weighted by atomic mass is 10.2. The number of aryl methyl sites for hydroxylation is 2. The number of hydrogen-bond acceptors (Lipinski definition) is 5. The monoisotopic (exact) mass is 275 g/mol. The number of nitrogens with zero attached hydrogens (tertiary/aromatic N) is 4. The summed E-state index contributed by atoms with van der Waals surface area (Å²) in [6.07, 6.45) is 0.883. The minimum Gasteiger partial charge on any atom is -0.484 e. The predicted octanol–water partition coefficient (Wildman–Crippen LogP) is 1.41. The molecule has 0 bridgehead atoms. The number of benzene rings is 1. The molecule has 20 heavy (non-hydrogen) atoms. The number of ether oxygens (including phenoxy) is 1. The molecule has 0 aliphatic rings. The summed E-state index contributed by atoms with van der Waals surface area (Å²) in [6.45, 7) is 4.55. The van der Waals surface area contributed by atoms with E-state index in [0.29, 0.717) is 18.2 Å². The van der Waals surface area contributed by atoms with Crippen LogP contribution in [0.1, 0.15) is 18.9 Å². The third-order valence-electron chi connectivity index (χ3n) is 2.58. The van der Waals surface area contributed by atoms with Crippen LogP contribution in [0.25, 0.3) is 0 Å². The first-order valence-corrected chi connectivity index (χ1v) is 6.44. The van der Waals surface area contributed by atoms with Gasteiger partial charge in [0.25, 0.3) is 5.91 Å². The zero-order valence-corrected chi connectivity index (χ0v) is 11.5. The Morgan fingerprint density at radius 3 is 3.05 bits per heavy atom. The Labute approximate surface area is 116 Å². The summed E-state index contributed by atoms with van der Waals surface area (Å²) >= 11 is 0. The fourth-order valence-electron chi connectivity index (χ4n) is 1.67. The first-order valence-electron chi connectivity index (χ1n) is 6.44. The van der Waals surface area contributed by atoms with Crippen LogP contribution in [0.5, 0.6) is 5.75 Å². The Hall–Kier alpha value is -2.44. The molecule has 0 aliphatic carbocycles. The lowest BCUT2D eigenvalue weighted by Gasteiger charge is -2.07. The topological polar surface area (TPSA) is 81.9 Å². The molecule has 0 radical (unpaired) electrons. The van der Waals surface area contributed by atoms with Crippen molar-refractivity contribution in [1.29, 1.82) is 0 Å². The maximum Gasteiger partial charge on any atom is 0.264 e. The minimum atomic E-state index is -0.293. The van der Waals surface area contributed by atoms with Gasteiger partial charge < -0.3 is 4.74 Å². The van der Waals surface area contributed by atoms with E-state index >= 15 is 0 Å².